The molecule has 0 bridgehead atoms. The fourth-order valence-corrected chi connectivity index (χ4v) is 3.76. The lowest BCUT2D eigenvalue weighted by atomic mass is 9.92. The Morgan fingerprint density at radius 2 is 2.18 bits per heavy atom. The summed E-state index contributed by atoms with van der Waals surface area (Å²) in [5.41, 5.74) is 0.609. The van der Waals surface area contributed by atoms with E-state index < -0.39 is 0 Å². The maximum absolute atomic E-state index is 12.8. The fourth-order valence-electron chi connectivity index (χ4n) is 3.76. The highest BCUT2D eigenvalue weighted by atomic mass is 16.2. The third-order valence-corrected chi connectivity index (χ3v) is 5.05. The Labute approximate surface area is 133 Å². The van der Waals surface area contributed by atoms with Crippen LogP contribution in [-0.2, 0) is 0 Å². The molecule has 0 aliphatic carbocycles. The molecule has 2 saturated heterocycles. The number of amides is 1. The van der Waals surface area contributed by atoms with Crippen LogP contribution in [0.3, 0.4) is 0 Å². The van der Waals surface area contributed by atoms with Gasteiger partial charge in [-0.15, -0.1) is 0 Å². The zero-order valence-corrected chi connectivity index (χ0v) is 13.8. The number of likely N-dealkylation sites (tertiary alicyclic amines) is 1. The molecule has 2 fully saturated rings. The van der Waals surface area contributed by atoms with Crippen LogP contribution in [0.2, 0.25) is 0 Å². The average molecular weight is 304 g/mol. The molecule has 1 N–H and O–H groups in total. The zero-order valence-electron chi connectivity index (χ0n) is 13.8. The van der Waals surface area contributed by atoms with Gasteiger partial charge in [-0.05, 0) is 50.6 Å². The maximum atomic E-state index is 12.8. The molecule has 2 atom stereocenters. The van der Waals surface area contributed by atoms with Gasteiger partial charge in [0.25, 0.3) is 5.91 Å². The van der Waals surface area contributed by atoms with E-state index >= 15 is 0 Å². The summed E-state index contributed by atoms with van der Waals surface area (Å²) in [5.74, 6) is 0.620. The summed E-state index contributed by atoms with van der Waals surface area (Å²) in [6.45, 7) is 7.34. The molecule has 5 heteroatoms. The Morgan fingerprint density at radius 1 is 1.32 bits per heavy atom. The quantitative estimate of drug-likeness (QED) is 0.933. The molecular weight excluding hydrogens is 276 g/mol. The third-order valence-electron chi connectivity index (χ3n) is 5.05. The predicted molar refractivity (Wildman–Crippen MR) is 86.9 cm³/mol. The predicted octanol–water partition coefficient (Wildman–Crippen LogP) is 2.46. The van der Waals surface area contributed by atoms with E-state index in [1.165, 1.54) is 12.8 Å². The Hall–Kier alpha value is -1.36. The molecule has 2 unspecified atom stereocenters. The normalized spacial score (nSPS) is 26.4. The second kappa shape index (κ2) is 6.82. The number of rotatable bonds is 3. The Morgan fingerprint density at radius 3 is 2.91 bits per heavy atom. The van der Waals surface area contributed by atoms with Crippen molar-refractivity contribution >= 4 is 5.91 Å². The van der Waals surface area contributed by atoms with E-state index in [0.29, 0.717) is 23.7 Å². The number of carbonyl (C=O) groups is 1. The number of nitrogens with zero attached hydrogens (tertiary/aromatic N) is 3. The molecule has 122 valence electrons. The van der Waals surface area contributed by atoms with Gasteiger partial charge in [0, 0.05) is 25.3 Å². The summed E-state index contributed by atoms with van der Waals surface area (Å²) in [6.07, 6.45) is 7.75. The minimum atomic E-state index is 0.112. The van der Waals surface area contributed by atoms with Crippen molar-refractivity contribution in [2.45, 2.75) is 58.0 Å². The van der Waals surface area contributed by atoms with Crippen molar-refractivity contribution in [1.82, 2.24) is 20.0 Å². The number of hydrogen-bond donors (Lipinski definition) is 1. The maximum Gasteiger partial charge on any atom is 0.274 e. The molecule has 0 saturated carbocycles. The van der Waals surface area contributed by atoms with Crippen molar-refractivity contribution in [3.63, 3.8) is 0 Å². The Balaban J connectivity index is 1.72. The lowest BCUT2D eigenvalue weighted by Gasteiger charge is -2.37. The summed E-state index contributed by atoms with van der Waals surface area (Å²) in [7, 11) is 0. The van der Waals surface area contributed by atoms with E-state index in [1.54, 1.807) is 0 Å². The highest BCUT2D eigenvalue weighted by Gasteiger charge is 2.30. The minimum Gasteiger partial charge on any atom is -0.334 e. The van der Waals surface area contributed by atoms with Crippen molar-refractivity contribution in [1.29, 1.82) is 0 Å². The molecule has 2 aliphatic rings. The lowest BCUT2D eigenvalue weighted by molar-refractivity contribution is 0.0536. The molecule has 3 heterocycles. The molecule has 1 aromatic heterocycles. The number of hydrogen-bond acceptors (Lipinski definition) is 3. The average Bonchev–Trinajstić information content (AvgIpc) is 3.05. The van der Waals surface area contributed by atoms with Crippen LogP contribution < -0.4 is 5.32 Å². The second-order valence-electron chi connectivity index (χ2n) is 6.99. The lowest BCUT2D eigenvalue weighted by Crippen LogP contribution is -2.46. The van der Waals surface area contributed by atoms with Crippen molar-refractivity contribution in [2.75, 3.05) is 19.6 Å². The van der Waals surface area contributed by atoms with E-state index in [2.05, 4.69) is 29.2 Å². The van der Waals surface area contributed by atoms with Crippen molar-refractivity contribution < 1.29 is 4.79 Å². The number of carbonyl (C=O) groups excluding carboxylic acids is 1. The topological polar surface area (TPSA) is 50.2 Å². The van der Waals surface area contributed by atoms with Crippen LogP contribution in [0.4, 0.5) is 0 Å². The smallest absolute Gasteiger partial charge is 0.274 e. The van der Waals surface area contributed by atoms with Crippen LogP contribution in [0.15, 0.2) is 12.3 Å². The van der Waals surface area contributed by atoms with Gasteiger partial charge >= 0.3 is 0 Å². The summed E-state index contributed by atoms with van der Waals surface area (Å²) < 4.78 is 1.98. The van der Waals surface area contributed by atoms with E-state index in [1.807, 2.05) is 16.9 Å². The van der Waals surface area contributed by atoms with Gasteiger partial charge in [-0.2, -0.15) is 5.10 Å². The molecule has 0 radical (unpaired) electrons. The Kier molecular flexibility index (Phi) is 4.81. The zero-order chi connectivity index (χ0) is 15.5. The highest BCUT2D eigenvalue weighted by Crippen LogP contribution is 2.25. The van der Waals surface area contributed by atoms with Gasteiger partial charge in [-0.25, -0.2) is 0 Å². The van der Waals surface area contributed by atoms with Crippen molar-refractivity contribution in [2.24, 2.45) is 5.92 Å². The van der Waals surface area contributed by atoms with Crippen LogP contribution in [-0.4, -0.2) is 46.3 Å². The van der Waals surface area contributed by atoms with Crippen molar-refractivity contribution in [3.05, 3.63) is 18.0 Å². The van der Waals surface area contributed by atoms with Crippen LogP contribution in [0, 0.1) is 5.92 Å². The van der Waals surface area contributed by atoms with Gasteiger partial charge in [0.15, 0.2) is 0 Å². The van der Waals surface area contributed by atoms with Gasteiger partial charge in [-0.3, -0.25) is 9.48 Å². The monoisotopic (exact) mass is 304 g/mol. The fraction of sp³-hybridized carbons (Fsp3) is 0.765. The molecular formula is C17H28N4O. The van der Waals surface area contributed by atoms with Crippen LogP contribution in [0.1, 0.15) is 62.5 Å². The first-order valence-electron chi connectivity index (χ1n) is 8.73. The van der Waals surface area contributed by atoms with E-state index in [-0.39, 0.29) is 5.91 Å². The van der Waals surface area contributed by atoms with Gasteiger partial charge in [0.1, 0.15) is 5.69 Å². The molecule has 1 amide bonds. The summed E-state index contributed by atoms with van der Waals surface area (Å²) >= 11 is 0. The summed E-state index contributed by atoms with van der Waals surface area (Å²) in [4.78, 5) is 14.9. The molecule has 0 spiro atoms. The SMILES string of the molecule is CC(C)C1CCCCN1C(=O)c1ccn(C2CCCNC2)n1. The number of aromatic nitrogens is 2. The van der Waals surface area contributed by atoms with Gasteiger partial charge < -0.3 is 10.2 Å². The second-order valence-corrected chi connectivity index (χ2v) is 6.99. The largest absolute Gasteiger partial charge is 0.334 e. The molecule has 22 heavy (non-hydrogen) atoms. The Bertz CT molecular complexity index is 505. The summed E-state index contributed by atoms with van der Waals surface area (Å²) in [6, 6.07) is 2.64. The van der Waals surface area contributed by atoms with Crippen molar-refractivity contribution in [3.8, 4) is 0 Å². The highest BCUT2D eigenvalue weighted by molar-refractivity contribution is 5.92. The van der Waals surface area contributed by atoms with E-state index in [0.717, 1.165) is 38.9 Å². The van der Waals surface area contributed by atoms with Crippen LogP contribution in [0.5, 0.6) is 0 Å². The molecule has 2 aliphatic heterocycles. The minimum absolute atomic E-state index is 0.112. The first-order chi connectivity index (χ1) is 10.7. The molecule has 5 nitrogen and oxygen atoms in total. The molecule has 3 rings (SSSR count). The van der Waals surface area contributed by atoms with Gasteiger partial charge in [0.2, 0.25) is 0 Å². The number of piperidine rings is 2. The summed E-state index contributed by atoms with van der Waals surface area (Å²) in [5, 5.41) is 7.99. The first-order valence-corrected chi connectivity index (χ1v) is 8.73. The first kappa shape index (κ1) is 15.5. The number of nitrogens with one attached hydrogen (secondary N) is 1. The van der Waals surface area contributed by atoms with Gasteiger partial charge in [-0.1, -0.05) is 13.8 Å². The van der Waals surface area contributed by atoms with E-state index in [9.17, 15) is 4.79 Å². The third kappa shape index (κ3) is 3.19. The van der Waals surface area contributed by atoms with Crippen LogP contribution >= 0.6 is 0 Å². The molecule has 0 aromatic carbocycles. The molecule has 1 aromatic rings. The standard InChI is InChI=1S/C17H28N4O/c1-13(2)16-7-3-4-10-20(16)17(22)15-8-11-21(19-15)14-6-5-9-18-12-14/h8,11,13-14,16,18H,3-7,9-10,12H2,1-2H3. The van der Waals surface area contributed by atoms with Crippen LogP contribution in [0.25, 0.3) is 0 Å². The van der Waals surface area contributed by atoms with E-state index in [4.69, 9.17) is 0 Å². The van der Waals surface area contributed by atoms with Gasteiger partial charge in [0.05, 0.1) is 6.04 Å².